The van der Waals surface area contributed by atoms with Crippen molar-refractivity contribution >= 4 is 45.5 Å². The van der Waals surface area contributed by atoms with Gasteiger partial charge in [-0.05, 0) is 0 Å². The van der Waals surface area contributed by atoms with Crippen molar-refractivity contribution in [1.82, 2.24) is 0 Å². The number of hydrogen-bond acceptors (Lipinski definition) is 4. The molecule has 0 radical (unpaired) electrons. The Bertz CT molecular complexity index is 23.6. The molecule has 0 spiro atoms. The summed E-state index contributed by atoms with van der Waals surface area (Å²) >= 11 is 0. The van der Waals surface area contributed by atoms with Crippen molar-refractivity contribution in [2.45, 2.75) is 0 Å². The molecule has 2 N–H and O–H groups in total. The predicted octanol–water partition coefficient (Wildman–Crippen LogP) is -5.96. The third kappa shape index (κ3) is 95.2. The first-order chi connectivity index (χ1) is 2.00. The second kappa shape index (κ2) is 5.70. The third-order valence-corrected chi connectivity index (χ3v) is 0. The average molecular weight is 205 g/mol. The number of rotatable bonds is 0. The topological polar surface area (TPSA) is 124 Å². The molecule has 0 aromatic rings. The van der Waals surface area contributed by atoms with Gasteiger partial charge in [-0.2, -0.15) is 0 Å². The summed E-state index contributed by atoms with van der Waals surface area (Å²) in [4.78, 5) is 0. The smallest absolute Gasteiger partial charge is 0.412 e. The fraction of sp³-hybridized carbons (Fsp3) is 0. The van der Waals surface area contributed by atoms with Gasteiger partial charge in [-0.15, -0.1) is 10.2 Å². The van der Waals surface area contributed by atoms with E-state index in [9.17, 15) is 0 Å². The van der Waals surface area contributed by atoms with Gasteiger partial charge in [0.15, 0.2) is 0 Å². The molecule has 7 heteroatoms. The quantitative estimate of drug-likeness (QED) is 0.365. The van der Waals surface area contributed by atoms with E-state index in [-0.39, 0.29) is 51.0 Å². The van der Waals surface area contributed by atoms with Crippen molar-refractivity contribution in [2.75, 3.05) is 0 Å². The van der Waals surface area contributed by atoms with Gasteiger partial charge in [0, 0.05) is 0 Å². The van der Waals surface area contributed by atoms with Gasteiger partial charge >= 0.3 is 45.5 Å². The van der Waals surface area contributed by atoms with Crippen LogP contribution >= 0.6 is 0 Å². The van der Waals surface area contributed by atoms with E-state index in [1.54, 1.807) is 0 Å². The summed E-state index contributed by atoms with van der Waals surface area (Å²) in [6, 6.07) is 0. The van der Waals surface area contributed by atoms with Crippen molar-refractivity contribution in [2.24, 2.45) is 0 Å². The van der Waals surface area contributed by atoms with Gasteiger partial charge in [0.1, 0.15) is 0 Å². The Morgan fingerprint density at radius 2 is 0.857 bits per heavy atom. The summed E-state index contributed by atoms with van der Waals surface area (Å²) < 4.78 is 34.0. The predicted molar refractivity (Wildman–Crippen MR) is 9.37 cm³/mol. The molecule has 7 heavy (non-hydrogen) atoms. The van der Waals surface area contributed by atoms with Gasteiger partial charge in [0.2, 0.25) is 0 Å². The van der Waals surface area contributed by atoms with Crippen LogP contribution in [0, 0.1) is 10.2 Å². The molecule has 0 atom stereocenters. The van der Waals surface area contributed by atoms with Crippen LogP contribution in [-0.2, 0) is 0 Å². The Balaban J connectivity index is -0.0000000800. The van der Waals surface area contributed by atoms with Crippen molar-refractivity contribution in [1.29, 1.82) is 0 Å². The molecule has 5 nitrogen and oxygen atoms in total. The molecule has 0 heterocycles. The van der Waals surface area contributed by atoms with Gasteiger partial charge in [0.25, 0.3) is 0 Å². The Hall–Kier alpha value is 1.57. The van der Waals surface area contributed by atoms with Crippen LogP contribution in [0.3, 0.4) is 0 Å². The van der Waals surface area contributed by atoms with Crippen LogP contribution in [0.15, 0.2) is 0 Å². The van der Waals surface area contributed by atoms with Crippen LogP contribution in [-0.4, -0.2) is 51.0 Å². The molecule has 0 rings (SSSR count). The molecule has 0 aromatic heterocycles. The Labute approximate surface area is 78.9 Å². The Morgan fingerprint density at radius 3 is 0.857 bits per heavy atom. The minimum absolute atomic E-state index is 0. The minimum Gasteiger partial charge on any atom is -0.412 e. The Kier molecular flexibility index (Phi) is 12.9. The zero-order chi connectivity index (χ0) is 4.50. The van der Waals surface area contributed by atoms with Crippen molar-refractivity contribution in [3.8, 4) is 0 Å². The van der Waals surface area contributed by atoms with Crippen LogP contribution in [0.1, 0.15) is 0 Å². The fourth-order valence-corrected chi connectivity index (χ4v) is 0. The summed E-state index contributed by atoms with van der Waals surface area (Å²) in [5.41, 5.74) is 0. The zero-order valence-corrected chi connectivity index (χ0v) is 7.45. The fourth-order valence-electron chi connectivity index (χ4n) is 0. The van der Waals surface area contributed by atoms with Crippen LogP contribution < -0.4 is 18.6 Å². The monoisotopic (exact) mass is 205 g/mol. The number of hydrogen-bond donors (Lipinski definition) is 0. The molecular formula is H2ClO5Sr+. The average Bonchev–Trinajstić information content (AvgIpc) is 0.722. The molecular weight excluding hydrogens is 203 g/mol. The van der Waals surface area contributed by atoms with E-state index in [1.165, 1.54) is 0 Å². The zero-order valence-electron chi connectivity index (χ0n) is 3.22. The van der Waals surface area contributed by atoms with Crippen LogP contribution in [0.4, 0.5) is 0 Å². The summed E-state index contributed by atoms with van der Waals surface area (Å²) in [5.74, 6) is 0. The van der Waals surface area contributed by atoms with E-state index < -0.39 is 10.2 Å². The molecule has 0 aliphatic rings. The minimum atomic E-state index is -4.94. The first-order valence-electron chi connectivity index (χ1n) is 0.617. The maximum Gasteiger partial charge on any atom is 2.00 e. The molecule has 0 saturated heterocycles. The summed E-state index contributed by atoms with van der Waals surface area (Å²) in [7, 11) is -4.94. The van der Waals surface area contributed by atoms with Crippen molar-refractivity contribution in [3.63, 3.8) is 0 Å². The summed E-state index contributed by atoms with van der Waals surface area (Å²) in [5, 5.41) is 0. The van der Waals surface area contributed by atoms with Gasteiger partial charge in [-0.3, -0.25) is 0 Å². The van der Waals surface area contributed by atoms with E-state index in [0.717, 1.165) is 0 Å². The molecule has 0 bridgehead atoms. The van der Waals surface area contributed by atoms with Crippen LogP contribution in [0.25, 0.3) is 0 Å². The molecule has 0 amide bonds. The second-order valence-electron chi connectivity index (χ2n) is 0.378. The second-order valence-corrected chi connectivity index (χ2v) is 1.13. The molecule has 40 valence electrons. The van der Waals surface area contributed by atoms with E-state index in [4.69, 9.17) is 18.6 Å². The van der Waals surface area contributed by atoms with Crippen LogP contribution in [0.2, 0.25) is 0 Å². The molecule has 0 aliphatic heterocycles. The summed E-state index contributed by atoms with van der Waals surface area (Å²) in [6.07, 6.45) is 0. The molecule has 0 unspecified atom stereocenters. The molecule has 0 saturated carbocycles. The van der Waals surface area contributed by atoms with Crippen LogP contribution in [0.5, 0.6) is 0 Å². The van der Waals surface area contributed by atoms with E-state index >= 15 is 0 Å². The third-order valence-electron chi connectivity index (χ3n) is 0. The first kappa shape index (κ1) is 15.8. The molecule has 0 aliphatic carbocycles. The summed E-state index contributed by atoms with van der Waals surface area (Å²) in [6.45, 7) is 0. The van der Waals surface area contributed by atoms with E-state index in [0.29, 0.717) is 0 Å². The van der Waals surface area contributed by atoms with E-state index in [2.05, 4.69) is 0 Å². The van der Waals surface area contributed by atoms with E-state index in [1.807, 2.05) is 0 Å². The largest absolute Gasteiger partial charge is 2.00 e. The van der Waals surface area contributed by atoms with Gasteiger partial charge in [0.05, 0.1) is 0 Å². The normalized spacial score (nSPS) is 8.57. The van der Waals surface area contributed by atoms with Gasteiger partial charge < -0.3 is 5.48 Å². The Morgan fingerprint density at radius 1 is 0.857 bits per heavy atom. The SMILES string of the molecule is O.[O-][Cl+3]([O-])([O-])[O-].[Sr+2]. The molecule has 0 aromatic carbocycles. The first-order valence-corrected chi connectivity index (χ1v) is 1.85. The van der Waals surface area contributed by atoms with Gasteiger partial charge in [-0.1, -0.05) is 0 Å². The van der Waals surface area contributed by atoms with Crippen molar-refractivity contribution < 1.29 is 34.4 Å². The van der Waals surface area contributed by atoms with Gasteiger partial charge in [-0.25, -0.2) is 18.6 Å². The molecule has 0 fully saturated rings. The number of halogens is 1. The maximum atomic E-state index is 8.49. The maximum absolute atomic E-state index is 8.49. The van der Waals surface area contributed by atoms with Crippen molar-refractivity contribution in [3.05, 3.63) is 0 Å². The standard InChI is InChI=1S/ClHO4.H2O.Sr/c2-1(3,4)5;;/h(H,2,3,4,5);1H2;/q;;+2/p-1.